The lowest BCUT2D eigenvalue weighted by molar-refractivity contribution is 1.12. The van der Waals surface area contributed by atoms with Crippen molar-refractivity contribution in [2.45, 2.75) is 13.5 Å². The van der Waals surface area contributed by atoms with E-state index in [2.05, 4.69) is 79.0 Å². The third-order valence-electron chi connectivity index (χ3n) is 4.15. The summed E-state index contributed by atoms with van der Waals surface area (Å²) in [5.41, 5.74) is 5.98. The van der Waals surface area contributed by atoms with Crippen molar-refractivity contribution < 1.29 is 0 Å². The Morgan fingerprint density at radius 2 is 1.75 bits per heavy atom. The summed E-state index contributed by atoms with van der Waals surface area (Å²) in [7, 11) is 0. The molecule has 0 radical (unpaired) electrons. The minimum Gasteiger partial charge on any atom is -0.381 e. The molecule has 0 saturated heterocycles. The number of nitrogens with zero attached hydrogens (tertiary/aromatic N) is 1. The number of aryl methyl sites for hydroxylation is 1. The van der Waals surface area contributed by atoms with Gasteiger partial charge in [0.25, 0.3) is 0 Å². The van der Waals surface area contributed by atoms with Gasteiger partial charge in [0.2, 0.25) is 0 Å². The average Bonchev–Trinajstić information content (AvgIpc) is 3.06. The molecule has 0 spiro atoms. The van der Waals surface area contributed by atoms with Crippen LogP contribution in [-0.4, -0.2) is 4.98 Å². The summed E-state index contributed by atoms with van der Waals surface area (Å²) in [6, 6.07) is 25.2. The highest BCUT2D eigenvalue weighted by Crippen LogP contribution is 2.31. The second-order valence-electron chi connectivity index (χ2n) is 5.85. The summed E-state index contributed by atoms with van der Waals surface area (Å²) in [5.74, 6) is 0. The highest BCUT2D eigenvalue weighted by molar-refractivity contribution is 7.21. The van der Waals surface area contributed by atoms with E-state index in [4.69, 9.17) is 4.98 Å². The fraction of sp³-hybridized carbons (Fsp3) is 0.0952. The van der Waals surface area contributed by atoms with E-state index in [1.54, 1.807) is 11.3 Å². The minimum atomic E-state index is 0.829. The standard InChI is InChI=1S/C21H18N2S/c1-15-7-2-3-8-17(15)14-22-18-10-6-9-16(13-18)21-23-19-11-4-5-12-20(19)24-21/h2-13,22H,14H2,1H3. The molecule has 2 nitrogen and oxygen atoms in total. The highest BCUT2D eigenvalue weighted by Gasteiger charge is 2.06. The van der Waals surface area contributed by atoms with Gasteiger partial charge in [-0.1, -0.05) is 48.5 Å². The van der Waals surface area contributed by atoms with Crippen molar-refractivity contribution in [3.8, 4) is 10.6 Å². The summed E-state index contributed by atoms with van der Waals surface area (Å²) >= 11 is 1.74. The van der Waals surface area contributed by atoms with Crippen LogP contribution in [0.25, 0.3) is 20.8 Å². The zero-order valence-electron chi connectivity index (χ0n) is 13.5. The van der Waals surface area contributed by atoms with Crippen LogP contribution in [0.5, 0.6) is 0 Å². The Morgan fingerprint density at radius 3 is 2.62 bits per heavy atom. The molecule has 0 fully saturated rings. The molecule has 3 aromatic carbocycles. The van der Waals surface area contributed by atoms with Gasteiger partial charge in [-0.2, -0.15) is 0 Å². The lowest BCUT2D eigenvalue weighted by Crippen LogP contribution is -2.01. The number of aromatic nitrogens is 1. The SMILES string of the molecule is Cc1ccccc1CNc1cccc(-c2nc3ccccc3s2)c1. The van der Waals surface area contributed by atoms with Crippen LogP contribution in [0.1, 0.15) is 11.1 Å². The quantitative estimate of drug-likeness (QED) is 0.505. The van der Waals surface area contributed by atoms with Gasteiger partial charge in [-0.25, -0.2) is 4.98 Å². The Hall–Kier alpha value is -2.65. The molecule has 0 unspecified atom stereocenters. The van der Waals surface area contributed by atoms with E-state index < -0.39 is 0 Å². The molecule has 0 aliphatic rings. The topological polar surface area (TPSA) is 24.9 Å². The fourth-order valence-corrected chi connectivity index (χ4v) is 3.73. The van der Waals surface area contributed by atoms with Gasteiger partial charge in [0.15, 0.2) is 0 Å². The Labute approximate surface area is 145 Å². The predicted octanol–water partition coefficient (Wildman–Crippen LogP) is 5.88. The van der Waals surface area contributed by atoms with Crippen LogP contribution in [0.4, 0.5) is 5.69 Å². The molecule has 0 saturated carbocycles. The zero-order valence-corrected chi connectivity index (χ0v) is 14.3. The first-order chi connectivity index (χ1) is 11.8. The van der Waals surface area contributed by atoms with E-state index >= 15 is 0 Å². The number of hydrogen-bond donors (Lipinski definition) is 1. The molecule has 0 aliphatic heterocycles. The van der Waals surface area contributed by atoms with Gasteiger partial charge < -0.3 is 5.32 Å². The maximum Gasteiger partial charge on any atom is 0.124 e. The summed E-state index contributed by atoms with van der Waals surface area (Å²) < 4.78 is 1.23. The molecule has 1 aromatic heterocycles. The van der Waals surface area contributed by atoms with Gasteiger partial charge in [0.05, 0.1) is 10.2 Å². The second-order valence-corrected chi connectivity index (χ2v) is 6.88. The number of nitrogens with one attached hydrogen (secondary N) is 1. The number of anilines is 1. The van der Waals surface area contributed by atoms with Crippen LogP contribution in [0.15, 0.2) is 72.8 Å². The van der Waals surface area contributed by atoms with Gasteiger partial charge in [-0.3, -0.25) is 0 Å². The molecule has 3 heteroatoms. The highest BCUT2D eigenvalue weighted by atomic mass is 32.1. The number of hydrogen-bond acceptors (Lipinski definition) is 3. The lowest BCUT2D eigenvalue weighted by atomic mass is 10.1. The predicted molar refractivity (Wildman–Crippen MR) is 104 cm³/mol. The molecular formula is C21H18N2S. The Balaban J connectivity index is 1.58. The van der Waals surface area contributed by atoms with Crippen LogP contribution in [0.3, 0.4) is 0 Å². The second kappa shape index (κ2) is 6.46. The number of thiazole rings is 1. The van der Waals surface area contributed by atoms with Gasteiger partial charge in [-0.15, -0.1) is 11.3 Å². The van der Waals surface area contributed by atoms with Gasteiger partial charge in [0, 0.05) is 17.8 Å². The Kier molecular flexibility index (Phi) is 4.01. The van der Waals surface area contributed by atoms with E-state index in [1.165, 1.54) is 15.8 Å². The molecule has 0 amide bonds. The molecular weight excluding hydrogens is 312 g/mol. The first-order valence-corrected chi connectivity index (χ1v) is 8.86. The van der Waals surface area contributed by atoms with Crippen LogP contribution in [0, 0.1) is 6.92 Å². The molecule has 24 heavy (non-hydrogen) atoms. The van der Waals surface area contributed by atoms with Crippen molar-refractivity contribution in [2.24, 2.45) is 0 Å². The van der Waals surface area contributed by atoms with E-state index in [-0.39, 0.29) is 0 Å². The first kappa shape index (κ1) is 14.9. The molecule has 0 bridgehead atoms. The van der Waals surface area contributed by atoms with Crippen molar-refractivity contribution >= 4 is 27.2 Å². The van der Waals surface area contributed by atoms with E-state index in [0.717, 1.165) is 28.3 Å². The zero-order chi connectivity index (χ0) is 16.4. The summed E-state index contributed by atoms with van der Waals surface area (Å²) in [4.78, 5) is 4.75. The number of benzene rings is 3. The third kappa shape index (κ3) is 3.03. The van der Waals surface area contributed by atoms with Crippen LogP contribution in [0.2, 0.25) is 0 Å². The minimum absolute atomic E-state index is 0.829. The molecule has 118 valence electrons. The van der Waals surface area contributed by atoms with Gasteiger partial charge in [-0.05, 0) is 42.3 Å². The largest absolute Gasteiger partial charge is 0.381 e. The molecule has 0 atom stereocenters. The smallest absolute Gasteiger partial charge is 0.124 e. The van der Waals surface area contributed by atoms with E-state index in [0.29, 0.717) is 0 Å². The van der Waals surface area contributed by atoms with E-state index in [9.17, 15) is 0 Å². The lowest BCUT2D eigenvalue weighted by Gasteiger charge is -2.09. The fourth-order valence-electron chi connectivity index (χ4n) is 2.76. The van der Waals surface area contributed by atoms with Gasteiger partial charge in [0.1, 0.15) is 5.01 Å². The Morgan fingerprint density at radius 1 is 0.917 bits per heavy atom. The normalized spacial score (nSPS) is 10.9. The monoisotopic (exact) mass is 330 g/mol. The third-order valence-corrected chi connectivity index (χ3v) is 5.23. The number of fused-ring (bicyclic) bond motifs is 1. The van der Waals surface area contributed by atoms with Crippen LogP contribution < -0.4 is 5.32 Å². The number of para-hydroxylation sites is 1. The van der Waals surface area contributed by atoms with Crippen molar-refractivity contribution in [1.82, 2.24) is 4.98 Å². The molecule has 1 heterocycles. The maximum absolute atomic E-state index is 4.75. The number of rotatable bonds is 4. The van der Waals surface area contributed by atoms with Crippen molar-refractivity contribution in [1.29, 1.82) is 0 Å². The maximum atomic E-state index is 4.75. The van der Waals surface area contributed by atoms with Crippen LogP contribution in [-0.2, 0) is 6.54 Å². The molecule has 4 rings (SSSR count). The van der Waals surface area contributed by atoms with Crippen LogP contribution >= 0.6 is 11.3 Å². The molecule has 4 aromatic rings. The van der Waals surface area contributed by atoms with Crippen molar-refractivity contribution in [3.63, 3.8) is 0 Å². The van der Waals surface area contributed by atoms with Crippen molar-refractivity contribution in [2.75, 3.05) is 5.32 Å². The van der Waals surface area contributed by atoms with Crippen molar-refractivity contribution in [3.05, 3.63) is 83.9 Å². The summed E-state index contributed by atoms with van der Waals surface area (Å²) in [6.45, 7) is 2.98. The summed E-state index contributed by atoms with van der Waals surface area (Å²) in [6.07, 6.45) is 0. The average molecular weight is 330 g/mol. The summed E-state index contributed by atoms with van der Waals surface area (Å²) in [5, 5.41) is 4.59. The molecule has 1 N–H and O–H groups in total. The first-order valence-electron chi connectivity index (χ1n) is 8.04. The Bertz CT molecular complexity index is 955. The van der Waals surface area contributed by atoms with E-state index in [1.807, 2.05) is 6.07 Å². The van der Waals surface area contributed by atoms with Gasteiger partial charge >= 0.3 is 0 Å². The molecule has 0 aliphatic carbocycles.